The van der Waals surface area contributed by atoms with Gasteiger partial charge in [0, 0.05) is 18.8 Å². The molecule has 0 amide bonds. The summed E-state index contributed by atoms with van der Waals surface area (Å²) in [5.41, 5.74) is 3.62. The Morgan fingerprint density at radius 1 is 1.12 bits per heavy atom. The van der Waals surface area contributed by atoms with Gasteiger partial charge in [0.25, 0.3) is 0 Å². The van der Waals surface area contributed by atoms with E-state index in [2.05, 4.69) is 26.7 Å². The normalized spacial score (nSPS) is 14.5. The Morgan fingerprint density at radius 2 is 1.82 bits per heavy atom. The highest BCUT2D eigenvalue weighted by atomic mass is 19.1. The molecule has 2 aromatic rings. The number of oxime groups is 1. The molecule has 33 heavy (non-hydrogen) atoms. The monoisotopic (exact) mass is 448 g/mol. The van der Waals surface area contributed by atoms with Crippen molar-refractivity contribution in [3.05, 3.63) is 83.8 Å². The van der Waals surface area contributed by atoms with E-state index in [1.54, 1.807) is 38.6 Å². The molecule has 0 saturated carbocycles. The van der Waals surface area contributed by atoms with Crippen LogP contribution in [0.25, 0.3) is 5.76 Å². The van der Waals surface area contributed by atoms with Crippen LogP contribution in [0, 0.1) is 5.82 Å². The Balaban J connectivity index is 0.000000234. The van der Waals surface area contributed by atoms with Crippen LogP contribution in [-0.4, -0.2) is 37.6 Å². The molecule has 1 aliphatic rings. The van der Waals surface area contributed by atoms with E-state index >= 15 is 0 Å². The summed E-state index contributed by atoms with van der Waals surface area (Å²) in [7, 11) is 3.30. The molecule has 0 spiro atoms. The molecular formula is C26H29FN4O2. The van der Waals surface area contributed by atoms with Crippen LogP contribution >= 0.6 is 0 Å². The van der Waals surface area contributed by atoms with Gasteiger partial charge in [-0.2, -0.15) is 0 Å². The number of allylic oxidation sites excluding steroid dienone is 2. The van der Waals surface area contributed by atoms with E-state index in [0.717, 1.165) is 23.4 Å². The first kappa shape index (κ1) is 25.4. The van der Waals surface area contributed by atoms with E-state index in [-0.39, 0.29) is 5.82 Å². The van der Waals surface area contributed by atoms with Gasteiger partial charge >= 0.3 is 0 Å². The summed E-state index contributed by atoms with van der Waals surface area (Å²) in [6.07, 6.45) is 4.32. The quantitative estimate of drug-likeness (QED) is 0.292. The third kappa shape index (κ3) is 7.35. The van der Waals surface area contributed by atoms with Gasteiger partial charge in [-0.3, -0.25) is 4.99 Å². The van der Waals surface area contributed by atoms with Gasteiger partial charge in [-0.15, -0.1) is 0 Å². The third-order valence-electron chi connectivity index (χ3n) is 4.59. The number of rotatable bonds is 7. The lowest BCUT2D eigenvalue weighted by molar-refractivity contribution is 0.297. The van der Waals surface area contributed by atoms with Crippen molar-refractivity contribution in [2.24, 2.45) is 20.1 Å². The molecule has 0 radical (unpaired) electrons. The molecule has 0 unspecified atom stereocenters. The average molecular weight is 449 g/mol. The molecule has 7 heteroatoms. The number of amidine groups is 1. The van der Waals surface area contributed by atoms with Crippen LogP contribution in [0.15, 0.2) is 87.0 Å². The maximum atomic E-state index is 13.6. The zero-order valence-corrected chi connectivity index (χ0v) is 19.7. The SMILES string of the molecule is C/C=C1/N=C(c2ccccc2F)N=C1C=NC.C=C(O/N=C(\C)CC)c1ccc(OC)cc1. The zero-order chi connectivity index (χ0) is 24.2. The van der Waals surface area contributed by atoms with E-state index in [4.69, 9.17) is 9.57 Å². The van der Waals surface area contributed by atoms with Crippen LogP contribution in [-0.2, 0) is 4.84 Å². The minimum Gasteiger partial charge on any atom is -0.497 e. The van der Waals surface area contributed by atoms with E-state index in [0.29, 0.717) is 28.6 Å². The minimum atomic E-state index is -0.319. The molecule has 2 aromatic carbocycles. The molecule has 6 nitrogen and oxygen atoms in total. The predicted octanol–water partition coefficient (Wildman–Crippen LogP) is 6.10. The van der Waals surface area contributed by atoms with Crippen LogP contribution in [0.2, 0.25) is 0 Å². The minimum absolute atomic E-state index is 0.319. The molecule has 0 saturated heterocycles. The van der Waals surface area contributed by atoms with Crippen LogP contribution in [0.1, 0.15) is 38.3 Å². The second-order valence-electron chi connectivity index (χ2n) is 6.90. The first-order valence-corrected chi connectivity index (χ1v) is 10.5. The van der Waals surface area contributed by atoms with Crippen LogP contribution in [0.5, 0.6) is 5.75 Å². The number of methoxy groups -OCH3 is 1. The van der Waals surface area contributed by atoms with Gasteiger partial charge < -0.3 is 9.57 Å². The second kappa shape index (κ2) is 12.9. The van der Waals surface area contributed by atoms with Crippen molar-refractivity contribution in [1.29, 1.82) is 0 Å². The Kier molecular flexibility index (Phi) is 9.89. The molecule has 1 heterocycles. The van der Waals surface area contributed by atoms with Crippen molar-refractivity contribution >= 4 is 29.2 Å². The number of hydrogen-bond donors (Lipinski definition) is 0. The molecular weight excluding hydrogens is 419 g/mol. The molecule has 0 atom stereocenters. The standard InChI is InChI=1S/C13H12FN3.C13H17NO2/c1-3-11-12(8-15-2)17-13(16-11)9-6-4-5-7-10(9)14;1-5-10(2)14-16-11(3)12-6-8-13(15-4)9-7-12/h3-8H,1-2H3;6-9H,3,5H2,1-2,4H3/b11-3+,15-8?;14-10+. The summed E-state index contributed by atoms with van der Waals surface area (Å²) < 4.78 is 18.6. The Hall–Kier alpha value is -3.87. The molecule has 3 rings (SSSR count). The lowest BCUT2D eigenvalue weighted by Gasteiger charge is -2.05. The van der Waals surface area contributed by atoms with E-state index in [9.17, 15) is 4.39 Å². The third-order valence-corrected chi connectivity index (χ3v) is 4.59. The number of nitrogens with zero attached hydrogens (tertiary/aromatic N) is 4. The number of hydrogen-bond acceptors (Lipinski definition) is 6. The molecule has 172 valence electrons. The van der Waals surface area contributed by atoms with Crippen molar-refractivity contribution in [2.45, 2.75) is 27.2 Å². The molecule has 0 N–H and O–H groups in total. The van der Waals surface area contributed by atoms with Crippen LogP contribution in [0.4, 0.5) is 4.39 Å². The smallest absolute Gasteiger partial charge is 0.163 e. The topological polar surface area (TPSA) is 67.9 Å². The van der Waals surface area contributed by atoms with Crippen LogP contribution < -0.4 is 4.74 Å². The van der Waals surface area contributed by atoms with Gasteiger partial charge in [-0.25, -0.2) is 14.4 Å². The highest BCUT2D eigenvalue weighted by Gasteiger charge is 2.17. The average Bonchev–Trinajstić information content (AvgIpc) is 3.26. The lowest BCUT2D eigenvalue weighted by Crippen LogP contribution is -2.00. The summed E-state index contributed by atoms with van der Waals surface area (Å²) in [6.45, 7) is 9.62. The molecule has 1 aliphatic heterocycles. The van der Waals surface area contributed by atoms with Crippen LogP contribution in [0.3, 0.4) is 0 Å². The fraction of sp³-hybridized carbons (Fsp3) is 0.231. The van der Waals surface area contributed by atoms with Gasteiger partial charge in [-0.05, 0) is 56.7 Å². The first-order chi connectivity index (χ1) is 15.9. The highest BCUT2D eigenvalue weighted by molar-refractivity contribution is 6.42. The molecule has 0 bridgehead atoms. The molecule has 0 aliphatic carbocycles. The largest absolute Gasteiger partial charge is 0.497 e. The summed E-state index contributed by atoms with van der Waals surface area (Å²) in [5.74, 6) is 1.42. The summed E-state index contributed by atoms with van der Waals surface area (Å²) in [5, 5.41) is 3.95. The van der Waals surface area contributed by atoms with E-state index in [1.165, 1.54) is 6.07 Å². The number of halogens is 1. The van der Waals surface area contributed by atoms with Crippen molar-refractivity contribution < 1.29 is 14.0 Å². The Labute approximate surface area is 194 Å². The van der Waals surface area contributed by atoms with Gasteiger partial charge in [0.2, 0.25) is 0 Å². The predicted molar refractivity (Wildman–Crippen MR) is 135 cm³/mol. The fourth-order valence-corrected chi connectivity index (χ4v) is 2.59. The lowest BCUT2D eigenvalue weighted by atomic mass is 10.2. The number of benzene rings is 2. The molecule has 0 aromatic heterocycles. The summed E-state index contributed by atoms with van der Waals surface area (Å²) in [6, 6.07) is 14.0. The number of ether oxygens (including phenoxy) is 1. The second-order valence-corrected chi connectivity index (χ2v) is 6.90. The van der Waals surface area contributed by atoms with Gasteiger partial charge in [-0.1, -0.05) is 36.9 Å². The van der Waals surface area contributed by atoms with Crippen molar-refractivity contribution in [3.8, 4) is 5.75 Å². The van der Waals surface area contributed by atoms with Crippen molar-refractivity contribution in [2.75, 3.05) is 14.2 Å². The number of aliphatic imine (C=N–C) groups is 3. The van der Waals surface area contributed by atoms with E-state index < -0.39 is 0 Å². The summed E-state index contributed by atoms with van der Waals surface area (Å²) in [4.78, 5) is 17.7. The van der Waals surface area contributed by atoms with Gasteiger partial charge in [0.1, 0.15) is 17.3 Å². The Bertz CT molecular complexity index is 1110. The first-order valence-electron chi connectivity index (χ1n) is 10.5. The zero-order valence-electron chi connectivity index (χ0n) is 19.7. The highest BCUT2D eigenvalue weighted by Crippen LogP contribution is 2.19. The van der Waals surface area contributed by atoms with Crippen molar-refractivity contribution in [3.63, 3.8) is 0 Å². The fourth-order valence-electron chi connectivity index (χ4n) is 2.59. The maximum Gasteiger partial charge on any atom is 0.163 e. The van der Waals surface area contributed by atoms with Gasteiger partial charge in [0.15, 0.2) is 11.6 Å². The molecule has 0 fully saturated rings. The van der Waals surface area contributed by atoms with Crippen molar-refractivity contribution in [1.82, 2.24) is 0 Å². The van der Waals surface area contributed by atoms with E-state index in [1.807, 2.05) is 51.1 Å². The Morgan fingerprint density at radius 3 is 2.39 bits per heavy atom. The van der Waals surface area contributed by atoms with Gasteiger partial charge in [0.05, 0.1) is 24.1 Å². The summed E-state index contributed by atoms with van der Waals surface area (Å²) >= 11 is 0. The maximum absolute atomic E-state index is 13.6.